The molecular weight excluding hydrogens is 366 g/mol. The predicted octanol–water partition coefficient (Wildman–Crippen LogP) is 3.94. The van der Waals surface area contributed by atoms with Crippen molar-refractivity contribution in [2.45, 2.75) is 13.8 Å². The summed E-state index contributed by atoms with van der Waals surface area (Å²) in [5.41, 5.74) is 3.63. The third-order valence-corrected chi connectivity index (χ3v) is 4.21. The largest absolute Gasteiger partial charge is 0.452 e. The average Bonchev–Trinajstić information content (AvgIpc) is 3.08. The second-order valence-corrected chi connectivity index (χ2v) is 6.45. The number of nitrogens with one attached hydrogen (secondary N) is 1. The highest BCUT2D eigenvalue weighted by molar-refractivity contribution is 6.30. The Bertz CT molecular complexity index is 980. The summed E-state index contributed by atoms with van der Waals surface area (Å²) < 4.78 is 6.84. The van der Waals surface area contributed by atoms with E-state index in [-0.39, 0.29) is 6.61 Å². The molecule has 3 aromatic rings. The fourth-order valence-electron chi connectivity index (χ4n) is 2.55. The van der Waals surface area contributed by atoms with E-state index >= 15 is 0 Å². The fourth-order valence-corrected chi connectivity index (χ4v) is 2.77. The molecule has 0 atom stereocenters. The molecule has 3 rings (SSSR count). The highest BCUT2D eigenvalue weighted by Crippen LogP contribution is 2.19. The highest BCUT2D eigenvalue weighted by Gasteiger charge is 2.12. The van der Waals surface area contributed by atoms with Crippen LogP contribution < -0.4 is 5.32 Å². The average molecular weight is 384 g/mol. The van der Waals surface area contributed by atoms with Gasteiger partial charge in [0, 0.05) is 22.6 Å². The van der Waals surface area contributed by atoms with Gasteiger partial charge in [-0.2, -0.15) is 5.10 Å². The molecule has 1 aromatic heterocycles. The van der Waals surface area contributed by atoms with Crippen LogP contribution in [0.5, 0.6) is 0 Å². The van der Waals surface area contributed by atoms with Crippen LogP contribution in [0.1, 0.15) is 21.6 Å². The van der Waals surface area contributed by atoms with Gasteiger partial charge in [-0.25, -0.2) is 9.48 Å². The molecule has 0 aliphatic heterocycles. The van der Waals surface area contributed by atoms with Crippen LogP contribution >= 0.6 is 11.6 Å². The maximum Gasteiger partial charge on any atom is 0.338 e. The van der Waals surface area contributed by atoms with Crippen molar-refractivity contribution in [2.24, 2.45) is 0 Å². The van der Waals surface area contributed by atoms with Gasteiger partial charge in [0.2, 0.25) is 0 Å². The first-order chi connectivity index (χ1) is 12.9. The lowest BCUT2D eigenvalue weighted by molar-refractivity contribution is -0.119. The van der Waals surface area contributed by atoms with Gasteiger partial charge < -0.3 is 10.1 Å². The minimum atomic E-state index is -0.568. The normalized spacial score (nSPS) is 10.5. The Morgan fingerprint density at radius 1 is 1.11 bits per heavy atom. The molecule has 1 N–H and O–H groups in total. The number of halogens is 1. The van der Waals surface area contributed by atoms with Crippen molar-refractivity contribution in [1.29, 1.82) is 0 Å². The van der Waals surface area contributed by atoms with Crippen molar-refractivity contribution in [3.05, 3.63) is 76.6 Å². The Hall–Kier alpha value is -3.12. The third-order valence-electron chi connectivity index (χ3n) is 3.98. The van der Waals surface area contributed by atoms with E-state index in [4.69, 9.17) is 16.3 Å². The number of esters is 1. The Balaban J connectivity index is 1.57. The van der Waals surface area contributed by atoms with Gasteiger partial charge in [-0.15, -0.1) is 0 Å². The van der Waals surface area contributed by atoms with Crippen molar-refractivity contribution in [3.8, 4) is 5.69 Å². The molecule has 0 saturated carbocycles. The number of nitrogens with zero attached hydrogens (tertiary/aromatic N) is 2. The molecule has 2 aromatic carbocycles. The molecule has 27 heavy (non-hydrogen) atoms. The van der Waals surface area contributed by atoms with Gasteiger partial charge in [0.15, 0.2) is 6.61 Å². The van der Waals surface area contributed by atoms with Gasteiger partial charge in [0.1, 0.15) is 0 Å². The summed E-state index contributed by atoms with van der Waals surface area (Å²) in [5, 5.41) is 7.49. The van der Waals surface area contributed by atoms with Crippen molar-refractivity contribution in [1.82, 2.24) is 9.78 Å². The van der Waals surface area contributed by atoms with Gasteiger partial charge in [-0.05, 0) is 67.9 Å². The standard InChI is InChI=1S/C20H18ClN3O3/c1-13-11-16(21)5-8-18(13)23-19(25)12-27-20(26)15-3-6-17(7-4-15)24-14(2)9-10-22-24/h3-11H,12H2,1-2H3,(H,23,25). The zero-order valence-corrected chi connectivity index (χ0v) is 15.7. The summed E-state index contributed by atoms with van der Waals surface area (Å²) in [6.07, 6.45) is 1.71. The minimum Gasteiger partial charge on any atom is -0.452 e. The second kappa shape index (κ2) is 8.05. The molecule has 1 amide bonds. The smallest absolute Gasteiger partial charge is 0.338 e. The van der Waals surface area contributed by atoms with Crippen LogP contribution in [0, 0.1) is 13.8 Å². The predicted molar refractivity (Wildman–Crippen MR) is 103 cm³/mol. The maximum absolute atomic E-state index is 12.1. The van der Waals surface area contributed by atoms with Crippen LogP contribution in [0.25, 0.3) is 5.69 Å². The van der Waals surface area contributed by atoms with E-state index < -0.39 is 11.9 Å². The Kier molecular flexibility index (Phi) is 5.57. The number of carbonyl (C=O) groups excluding carboxylic acids is 2. The minimum absolute atomic E-state index is 0.360. The molecule has 1 heterocycles. The Morgan fingerprint density at radius 3 is 2.48 bits per heavy atom. The summed E-state index contributed by atoms with van der Waals surface area (Å²) in [5.74, 6) is -0.987. The summed E-state index contributed by atoms with van der Waals surface area (Å²) in [7, 11) is 0. The van der Waals surface area contributed by atoms with Crippen LogP contribution in [0.2, 0.25) is 5.02 Å². The SMILES string of the molecule is Cc1cc(Cl)ccc1NC(=O)COC(=O)c1ccc(-n2nccc2C)cc1. The van der Waals surface area contributed by atoms with E-state index in [1.54, 1.807) is 53.3 Å². The fraction of sp³-hybridized carbons (Fsp3) is 0.150. The molecule has 7 heteroatoms. The number of hydrogen-bond acceptors (Lipinski definition) is 4. The lowest BCUT2D eigenvalue weighted by Gasteiger charge is -2.10. The van der Waals surface area contributed by atoms with Crippen LogP contribution in [0.15, 0.2) is 54.7 Å². The lowest BCUT2D eigenvalue weighted by atomic mass is 10.2. The molecule has 0 radical (unpaired) electrons. The number of amides is 1. The van der Waals surface area contributed by atoms with E-state index in [1.807, 2.05) is 19.9 Å². The van der Waals surface area contributed by atoms with E-state index in [0.29, 0.717) is 16.3 Å². The number of anilines is 1. The number of benzene rings is 2. The van der Waals surface area contributed by atoms with Gasteiger partial charge in [0.25, 0.3) is 5.91 Å². The summed E-state index contributed by atoms with van der Waals surface area (Å²) in [6, 6.07) is 13.8. The number of rotatable bonds is 5. The molecule has 0 aliphatic rings. The second-order valence-electron chi connectivity index (χ2n) is 6.01. The number of aromatic nitrogens is 2. The zero-order valence-electron chi connectivity index (χ0n) is 14.9. The molecular formula is C20H18ClN3O3. The van der Waals surface area contributed by atoms with Crippen molar-refractivity contribution in [3.63, 3.8) is 0 Å². The maximum atomic E-state index is 12.1. The molecule has 0 saturated heterocycles. The van der Waals surface area contributed by atoms with Crippen molar-refractivity contribution >= 4 is 29.2 Å². The van der Waals surface area contributed by atoms with Crippen LogP contribution in [0.4, 0.5) is 5.69 Å². The van der Waals surface area contributed by atoms with Crippen LogP contribution in [-0.4, -0.2) is 28.3 Å². The molecule has 6 nitrogen and oxygen atoms in total. The lowest BCUT2D eigenvalue weighted by Crippen LogP contribution is -2.21. The monoisotopic (exact) mass is 383 g/mol. The Labute approximate surface area is 161 Å². The van der Waals surface area contributed by atoms with Crippen LogP contribution in [-0.2, 0) is 9.53 Å². The molecule has 0 unspecified atom stereocenters. The summed E-state index contributed by atoms with van der Waals surface area (Å²) in [4.78, 5) is 24.1. The first-order valence-electron chi connectivity index (χ1n) is 8.28. The topological polar surface area (TPSA) is 73.2 Å². The number of hydrogen-bond donors (Lipinski definition) is 1. The molecule has 138 valence electrons. The zero-order chi connectivity index (χ0) is 19.4. The van der Waals surface area contributed by atoms with Crippen molar-refractivity contribution in [2.75, 3.05) is 11.9 Å². The molecule has 0 spiro atoms. The van der Waals surface area contributed by atoms with Crippen molar-refractivity contribution < 1.29 is 14.3 Å². The molecule has 0 fully saturated rings. The highest BCUT2D eigenvalue weighted by atomic mass is 35.5. The Morgan fingerprint density at radius 2 is 1.85 bits per heavy atom. The van der Waals surface area contributed by atoms with E-state index in [9.17, 15) is 9.59 Å². The first kappa shape index (κ1) is 18.7. The number of carbonyl (C=O) groups is 2. The molecule has 0 aliphatic carbocycles. The van der Waals surface area contributed by atoms with Gasteiger partial charge in [-0.3, -0.25) is 4.79 Å². The summed E-state index contributed by atoms with van der Waals surface area (Å²) >= 11 is 5.89. The summed E-state index contributed by atoms with van der Waals surface area (Å²) in [6.45, 7) is 3.40. The van der Waals surface area contributed by atoms with Gasteiger partial charge in [-0.1, -0.05) is 11.6 Å². The van der Waals surface area contributed by atoms with Crippen LogP contribution in [0.3, 0.4) is 0 Å². The quantitative estimate of drug-likeness (QED) is 0.677. The first-order valence-corrected chi connectivity index (χ1v) is 8.66. The molecule has 0 bridgehead atoms. The van der Waals surface area contributed by atoms with Gasteiger partial charge in [0.05, 0.1) is 11.3 Å². The number of aryl methyl sites for hydroxylation is 2. The third kappa shape index (κ3) is 4.54. The number of ether oxygens (including phenoxy) is 1. The van der Waals surface area contributed by atoms with E-state index in [2.05, 4.69) is 10.4 Å². The van der Waals surface area contributed by atoms with E-state index in [1.165, 1.54) is 0 Å². The van der Waals surface area contributed by atoms with E-state index in [0.717, 1.165) is 16.9 Å². The van der Waals surface area contributed by atoms with Gasteiger partial charge >= 0.3 is 5.97 Å².